The van der Waals surface area contributed by atoms with Gasteiger partial charge in [-0.15, -0.1) is 0 Å². The first-order valence-corrected chi connectivity index (χ1v) is 7.65. The van der Waals surface area contributed by atoms with E-state index in [-0.39, 0.29) is 23.6 Å². The SMILES string of the molecule is CCOC(=O)c1nc2cccc(C)n2c1-c1cccc(C(F)(F)F)c1. The second kappa shape index (κ2) is 6.23. The summed E-state index contributed by atoms with van der Waals surface area (Å²) >= 11 is 0. The maximum Gasteiger partial charge on any atom is 0.416 e. The number of carbonyl (C=O) groups excluding carboxylic acids is 1. The molecule has 7 heteroatoms. The normalized spacial score (nSPS) is 11.7. The fraction of sp³-hybridized carbons (Fsp3) is 0.222. The lowest BCUT2D eigenvalue weighted by atomic mass is 10.1. The van der Waals surface area contributed by atoms with Crippen LogP contribution in [-0.4, -0.2) is 22.0 Å². The van der Waals surface area contributed by atoms with E-state index >= 15 is 0 Å². The lowest BCUT2D eigenvalue weighted by Crippen LogP contribution is -2.08. The number of carbonyl (C=O) groups is 1. The third kappa shape index (κ3) is 3.09. The molecule has 1 aromatic carbocycles. The van der Waals surface area contributed by atoms with Crippen molar-refractivity contribution < 1.29 is 22.7 Å². The first-order valence-electron chi connectivity index (χ1n) is 7.65. The number of benzene rings is 1. The van der Waals surface area contributed by atoms with E-state index in [0.717, 1.165) is 17.8 Å². The molecule has 25 heavy (non-hydrogen) atoms. The van der Waals surface area contributed by atoms with Crippen molar-refractivity contribution >= 4 is 11.6 Å². The van der Waals surface area contributed by atoms with Crippen molar-refractivity contribution in [3.63, 3.8) is 0 Å². The number of hydrogen-bond donors (Lipinski definition) is 0. The van der Waals surface area contributed by atoms with Gasteiger partial charge in [0.05, 0.1) is 17.9 Å². The van der Waals surface area contributed by atoms with Gasteiger partial charge in [0, 0.05) is 11.3 Å². The summed E-state index contributed by atoms with van der Waals surface area (Å²) in [4.78, 5) is 16.5. The highest BCUT2D eigenvalue weighted by Gasteiger charge is 2.31. The van der Waals surface area contributed by atoms with Gasteiger partial charge in [-0.3, -0.25) is 4.40 Å². The van der Waals surface area contributed by atoms with Gasteiger partial charge in [-0.1, -0.05) is 18.2 Å². The largest absolute Gasteiger partial charge is 0.461 e. The summed E-state index contributed by atoms with van der Waals surface area (Å²) in [7, 11) is 0. The molecule has 3 rings (SSSR count). The monoisotopic (exact) mass is 348 g/mol. The fourth-order valence-corrected chi connectivity index (χ4v) is 2.71. The Morgan fingerprint density at radius 1 is 1.20 bits per heavy atom. The highest BCUT2D eigenvalue weighted by Crippen LogP contribution is 2.34. The molecule has 0 bridgehead atoms. The number of halogens is 3. The summed E-state index contributed by atoms with van der Waals surface area (Å²) in [6, 6.07) is 10.1. The third-order valence-corrected chi connectivity index (χ3v) is 3.77. The smallest absolute Gasteiger partial charge is 0.416 e. The Morgan fingerprint density at radius 2 is 1.92 bits per heavy atom. The minimum Gasteiger partial charge on any atom is -0.461 e. The maximum atomic E-state index is 13.1. The minimum atomic E-state index is -4.48. The van der Waals surface area contributed by atoms with Crippen LogP contribution in [-0.2, 0) is 10.9 Å². The quantitative estimate of drug-likeness (QED) is 0.654. The molecule has 0 spiro atoms. The molecule has 130 valence electrons. The average molecular weight is 348 g/mol. The van der Waals surface area contributed by atoms with E-state index in [1.54, 1.807) is 36.4 Å². The summed E-state index contributed by atoms with van der Waals surface area (Å²) in [5.41, 5.74) is 0.958. The maximum absolute atomic E-state index is 13.1. The molecule has 0 aliphatic carbocycles. The molecule has 0 unspecified atom stereocenters. The predicted octanol–water partition coefficient (Wildman–Crippen LogP) is 4.51. The number of hydrogen-bond acceptors (Lipinski definition) is 3. The zero-order valence-corrected chi connectivity index (χ0v) is 13.6. The minimum absolute atomic E-state index is 0.00419. The first kappa shape index (κ1) is 17.0. The second-order valence-electron chi connectivity index (χ2n) is 5.47. The highest BCUT2D eigenvalue weighted by atomic mass is 19.4. The van der Waals surface area contributed by atoms with Crippen LogP contribution in [0, 0.1) is 6.92 Å². The molecule has 0 atom stereocenters. The van der Waals surface area contributed by atoms with Crippen LogP contribution >= 0.6 is 0 Å². The van der Waals surface area contributed by atoms with Gasteiger partial charge in [0.25, 0.3) is 0 Å². The Bertz CT molecular complexity index is 945. The van der Waals surface area contributed by atoms with Crippen molar-refractivity contribution in [2.75, 3.05) is 6.61 Å². The summed E-state index contributed by atoms with van der Waals surface area (Å²) < 4.78 is 45.9. The number of esters is 1. The fourth-order valence-electron chi connectivity index (χ4n) is 2.71. The van der Waals surface area contributed by atoms with Crippen LogP contribution in [0.1, 0.15) is 28.7 Å². The van der Waals surface area contributed by atoms with Crippen molar-refractivity contribution in [2.45, 2.75) is 20.0 Å². The standard InChI is InChI=1S/C18H15F3N2O2/c1-3-25-17(24)15-16(23-11(2)6-4-9-14(23)22-15)12-7-5-8-13(10-12)18(19,20)21/h4-10H,3H2,1-2H3. The predicted molar refractivity (Wildman–Crippen MR) is 86.3 cm³/mol. The van der Waals surface area contributed by atoms with E-state index in [1.807, 2.05) is 0 Å². The lowest BCUT2D eigenvalue weighted by Gasteiger charge is -2.11. The lowest BCUT2D eigenvalue weighted by molar-refractivity contribution is -0.137. The Labute approximate surface area is 141 Å². The molecule has 2 heterocycles. The van der Waals surface area contributed by atoms with Crippen LogP contribution in [0.4, 0.5) is 13.2 Å². The number of aromatic nitrogens is 2. The molecule has 0 saturated heterocycles. The first-order chi connectivity index (χ1) is 11.8. The van der Waals surface area contributed by atoms with Crippen molar-refractivity contribution in [1.82, 2.24) is 9.38 Å². The number of alkyl halides is 3. The Kier molecular flexibility index (Phi) is 4.24. The van der Waals surface area contributed by atoms with Crippen molar-refractivity contribution in [3.8, 4) is 11.3 Å². The van der Waals surface area contributed by atoms with Gasteiger partial charge in [0.1, 0.15) is 5.65 Å². The van der Waals surface area contributed by atoms with Crippen molar-refractivity contribution in [2.24, 2.45) is 0 Å². The number of pyridine rings is 1. The number of aryl methyl sites for hydroxylation is 1. The van der Waals surface area contributed by atoms with E-state index in [4.69, 9.17) is 4.74 Å². The van der Waals surface area contributed by atoms with E-state index < -0.39 is 17.7 Å². The molecule has 2 aromatic heterocycles. The van der Waals surface area contributed by atoms with Gasteiger partial charge in [0.2, 0.25) is 0 Å². The topological polar surface area (TPSA) is 43.6 Å². The van der Waals surface area contributed by atoms with Gasteiger partial charge >= 0.3 is 12.1 Å². The molecule has 3 aromatic rings. The molecule has 0 fully saturated rings. The van der Waals surface area contributed by atoms with Crippen LogP contribution in [0.2, 0.25) is 0 Å². The summed E-state index contributed by atoms with van der Waals surface area (Å²) in [6.07, 6.45) is -4.48. The van der Waals surface area contributed by atoms with E-state index in [2.05, 4.69) is 4.98 Å². The molecule has 0 amide bonds. The molecular weight excluding hydrogens is 333 g/mol. The van der Waals surface area contributed by atoms with Crippen LogP contribution in [0.5, 0.6) is 0 Å². The van der Waals surface area contributed by atoms with Crippen LogP contribution in [0.3, 0.4) is 0 Å². The van der Waals surface area contributed by atoms with Gasteiger partial charge in [-0.2, -0.15) is 13.2 Å². The van der Waals surface area contributed by atoms with Crippen molar-refractivity contribution in [1.29, 1.82) is 0 Å². The zero-order chi connectivity index (χ0) is 18.2. The number of fused-ring (bicyclic) bond motifs is 1. The Morgan fingerprint density at radius 3 is 2.60 bits per heavy atom. The van der Waals surface area contributed by atoms with Crippen LogP contribution in [0.15, 0.2) is 42.5 Å². The number of ether oxygens (including phenoxy) is 1. The number of imidazole rings is 1. The Balaban J connectivity index is 2.31. The summed E-state index contributed by atoms with van der Waals surface area (Å²) in [5, 5.41) is 0. The number of rotatable bonds is 3. The number of nitrogens with zero attached hydrogens (tertiary/aromatic N) is 2. The molecule has 0 aliphatic rings. The molecule has 4 nitrogen and oxygen atoms in total. The highest BCUT2D eigenvalue weighted by molar-refractivity contribution is 5.96. The molecule has 0 radical (unpaired) electrons. The second-order valence-corrected chi connectivity index (χ2v) is 5.47. The van der Waals surface area contributed by atoms with E-state index in [0.29, 0.717) is 5.65 Å². The van der Waals surface area contributed by atoms with Gasteiger partial charge in [0.15, 0.2) is 5.69 Å². The van der Waals surface area contributed by atoms with E-state index in [1.165, 1.54) is 12.1 Å². The molecular formula is C18H15F3N2O2. The molecule has 0 saturated carbocycles. The van der Waals surface area contributed by atoms with Crippen LogP contribution in [0.25, 0.3) is 16.9 Å². The van der Waals surface area contributed by atoms with E-state index in [9.17, 15) is 18.0 Å². The Hall–Kier alpha value is -2.83. The van der Waals surface area contributed by atoms with Gasteiger partial charge in [-0.25, -0.2) is 9.78 Å². The third-order valence-electron chi connectivity index (χ3n) is 3.77. The van der Waals surface area contributed by atoms with Crippen molar-refractivity contribution in [3.05, 3.63) is 59.4 Å². The zero-order valence-electron chi connectivity index (χ0n) is 13.6. The van der Waals surface area contributed by atoms with Gasteiger partial charge < -0.3 is 4.74 Å². The van der Waals surface area contributed by atoms with Gasteiger partial charge in [-0.05, 0) is 38.1 Å². The molecule has 0 aliphatic heterocycles. The molecule has 0 N–H and O–H groups in total. The average Bonchev–Trinajstić information content (AvgIpc) is 2.95. The summed E-state index contributed by atoms with van der Waals surface area (Å²) in [6.45, 7) is 3.59. The summed E-state index contributed by atoms with van der Waals surface area (Å²) in [5.74, 6) is -0.669. The van der Waals surface area contributed by atoms with Crippen LogP contribution < -0.4 is 0 Å².